The number of imidazole rings is 1. The topological polar surface area (TPSA) is 59.5 Å². The predicted octanol–water partition coefficient (Wildman–Crippen LogP) is 4.21. The molecule has 0 saturated carbocycles. The molecule has 0 radical (unpaired) electrons. The van der Waals surface area contributed by atoms with Crippen molar-refractivity contribution in [3.8, 4) is 11.1 Å². The molecule has 132 valence electrons. The molecular weight excluding hydrogens is 347 g/mol. The van der Waals surface area contributed by atoms with Crippen LogP contribution in [0.1, 0.15) is 16.1 Å². The lowest BCUT2D eigenvalue weighted by molar-refractivity contribution is -0.137. The van der Waals surface area contributed by atoms with Gasteiger partial charge in [-0.05, 0) is 35.9 Å². The Balaban J connectivity index is 2.08. The van der Waals surface area contributed by atoms with Gasteiger partial charge in [0.2, 0.25) is 0 Å². The number of hydrogen-bond donors (Lipinski definition) is 1. The van der Waals surface area contributed by atoms with Gasteiger partial charge in [-0.1, -0.05) is 6.07 Å². The van der Waals surface area contributed by atoms with Gasteiger partial charge in [0.25, 0.3) is 0 Å². The fourth-order valence-corrected chi connectivity index (χ4v) is 3.17. The standard InChI is InChI=1S/C18H12F3N3O2/c1-23-9-22-13-7-11(12(8-16(13)23)18(19,20)21)10-3-2-6-24-14(10)4-5-15(24)17(25)26/h2-9H,1H3,(H,25,26). The molecule has 1 N–H and O–H groups in total. The summed E-state index contributed by atoms with van der Waals surface area (Å²) in [6.45, 7) is 0. The molecule has 1 aromatic carbocycles. The highest BCUT2D eigenvalue weighted by molar-refractivity contribution is 5.93. The number of pyridine rings is 1. The van der Waals surface area contributed by atoms with E-state index in [1.807, 2.05) is 0 Å². The quantitative estimate of drug-likeness (QED) is 0.583. The van der Waals surface area contributed by atoms with Crippen molar-refractivity contribution in [2.45, 2.75) is 6.18 Å². The maximum atomic E-state index is 13.7. The average Bonchev–Trinajstić information content (AvgIpc) is 3.16. The van der Waals surface area contributed by atoms with Crippen LogP contribution in [0.15, 0.2) is 48.9 Å². The minimum absolute atomic E-state index is 0.0191. The van der Waals surface area contributed by atoms with Crippen molar-refractivity contribution in [3.05, 3.63) is 60.2 Å². The number of benzene rings is 1. The van der Waals surface area contributed by atoms with E-state index in [1.54, 1.807) is 13.1 Å². The van der Waals surface area contributed by atoms with E-state index in [1.165, 1.54) is 45.8 Å². The highest BCUT2D eigenvalue weighted by Crippen LogP contribution is 2.40. The number of halogens is 3. The highest BCUT2D eigenvalue weighted by Gasteiger charge is 2.35. The van der Waals surface area contributed by atoms with Gasteiger partial charge in [-0.2, -0.15) is 13.2 Å². The van der Waals surface area contributed by atoms with E-state index in [2.05, 4.69) is 4.98 Å². The second kappa shape index (κ2) is 5.35. The molecule has 3 aromatic heterocycles. The zero-order valence-corrected chi connectivity index (χ0v) is 13.4. The highest BCUT2D eigenvalue weighted by atomic mass is 19.4. The molecule has 0 fully saturated rings. The molecule has 0 saturated heterocycles. The summed E-state index contributed by atoms with van der Waals surface area (Å²) < 4.78 is 44.0. The molecule has 3 heterocycles. The summed E-state index contributed by atoms with van der Waals surface area (Å²) in [4.78, 5) is 15.4. The molecular formula is C18H12F3N3O2. The molecule has 4 aromatic rings. The van der Waals surface area contributed by atoms with Crippen LogP contribution in [-0.2, 0) is 13.2 Å². The molecule has 26 heavy (non-hydrogen) atoms. The van der Waals surface area contributed by atoms with Crippen molar-refractivity contribution in [1.82, 2.24) is 14.0 Å². The van der Waals surface area contributed by atoms with Crippen molar-refractivity contribution < 1.29 is 23.1 Å². The lowest BCUT2D eigenvalue weighted by Crippen LogP contribution is -2.08. The smallest absolute Gasteiger partial charge is 0.417 e. The summed E-state index contributed by atoms with van der Waals surface area (Å²) in [5, 5.41) is 9.25. The third-order valence-electron chi connectivity index (χ3n) is 4.37. The van der Waals surface area contributed by atoms with E-state index in [0.29, 0.717) is 22.1 Å². The number of carboxylic acids is 1. The number of carbonyl (C=O) groups is 1. The SMILES string of the molecule is Cn1cnc2cc(-c3cccn4c(C(=O)O)ccc34)c(C(F)(F)F)cc21. The third kappa shape index (κ3) is 2.33. The predicted molar refractivity (Wildman–Crippen MR) is 89.1 cm³/mol. The average molecular weight is 359 g/mol. The van der Waals surface area contributed by atoms with E-state index < -0.39 is 17.7 Å². The van der Waals surface area contributed by atoms with Gasteiger partial charge in [0.05, 0.1) is 28.4 Å². The van der Waals surface area contributed by atoms with E-state index in [9.17, 15) is 23.1 Å². The van der Waals surface area contributed by atoms with Crippen LogP contribution in [0.2, 0.25) is 0 Å². The summed E-state index contributed by atoms with van der Waals surface area (Å²) in [6, 6.07) is 8.40. The largest absolute Gasteiger partial charge is 0.477 e. The van der Waals surface area contributed by atoms with E-state index in [-0.39, 0.29) is 11.3 Å². The van der Waals surface area contributed by atoms with Gasteiger partial charge >= 0.3 is 12.1 Å². The van der Waals surface area contributed by atoms with E-state index in [0.717, 1.165) is 6.07 Å². The lowest BCUT2D eigenvalue weighted by Gasteiger charge is -2.15. The number of nitrogens with zero attached hydrogens (tertiary/aromatic N) is 3. The number of rotatable bonds is 2. The number of aromatic carboxylic acids is 1. The molecule has 0 aliphatic carbocycles. The van der Waals surface area contributed by atoms with Crippen LogP contribution in [0.3, 0.4) is 0 Å². The van der Waals surface area contributed by atoms with Crippen LogP contribution in [0.25, 0.3) is 27.7 Å². The van der Waals surface area contributed by atoms with Gasteiger partial charge in [-0.25, -0.2) is 9.78 Å². The van der Waals surface area contributed by atoms with Gasteiger partial charge in [0.1, 0.15) is 5.69 Å². The fraction of sp³-hybridized carbons (Fsp3) is 0.111. The zero-order valence-electron chi connectivity index (χ0n) is 13.4. The molecule has 0 spiro atoms. The van der Waals surface area contributed by atoms with Gasteiger partial charge in [0, 0.05) is 18.8 Å². The minimum atomic E-state index is -4.57. The van der Waals surface area contributed by atoms with Crippen LogP contribution >= 0.6 is 0 Å². The number of carboxylic acid groups (broad SMARTS) is 1. The Morgan fingerprint density at radius 2 is 1.88 bits per heavy atom. The number of fused-ring (bicyclic) bond motifs is 2. The molecule has 8 heteroatoms. The first-order chi connectivity index (χ1) is 12.3. The Morgan fingerprint density at radius 3 is 2.58 bits per heavy atom. The lowest BCUT2D eigenvalue weighted by atomic mass is 9.98. The van der Waals surface area contributed by atoms with E-state index in [4.69, 9.17) is 0 Å². The van der Waals surface area contributed by atoms with Crippen LogP contribution in [0.5, 0.6) is 0 Å². The van der Waals surface area contributed by atoms with E-state index >= 15 is 0 Å². The Hall–Kier alpha value is -3.29. The van der Waals surface area contributed by atoms with Crippen molar-refractivity contribution in [2.75, 3.05) is 0 Å². The molecule has 0 unspecified atom stereocenters. The van der Waals surface area contributed by atoms with Crippen molar-refractivity contribution in [2.24, 2.45) is 7.05 Å². The van der Waals surface area contributed by atoms with Gasteiger partial charge in [-0.3, -0.25) is 0 Å². The van der Waals surface area contributed by atoms with Crippen LogP contribution < -0.4 is 0 Å². The summed E-state index contributed by atoms with van der Waals surface area (Å²) in [5.41, 5.74) is 0.626. The monoisotopic (exact) mass is 359 g/mol. The Bertz CT molecular complexity index is 1170. The molecule has 0 aliphatic rings. The number of aromatic nitrogens is 3. The van der Waals surface area contributed by atoms with Crippen LogP contribution in [0.4, 0.5) is 13.2 Å². The van der Waals surface area contributed by atoms with Gasteiger partial charge in [0.15, 0.2) is 0 Å². The summed E-state index contributed by atoms with van der Waals surface area (Å²) in [7, 11) is 1.63. The Kier molecular flexibility index (Phi) is 3.33. The molecule has 0 amide bonds. The van der Waals surface area contributed by atoms with Crippen LogP contribution in [0, 0.1) is 0 Å². The normalized spacial score (nSPS) is 12.2. The van der Waals surface area contributed by atoms with Crippen molar-refractivity contribution >= 4 is 22.5 Å². The number of hydrogen-bond acceptors (Lipinski definition) is 2. The minimum Gasteiger partial charge on any atom is -0.477 e. The molecule has 0 atom stereocenters. The van der Waals surface area contributed by atoms with Gasteiger partial charge in [-0.15, -0.1) is 0 Å². The maximum absolute atomic E-state index is 13.7. The van der Waals surface area contributed by atoms with Crippen molar-refractivity contribution in [3.63, 3.8) is 0 Å². The summed E-state index contributed by atoms with van der Waals surface area (Å²) in [6.07, 6.45) is -1.60. The molecule has 0 bridgehead atoms. The zero-order chi connectivity index (χ0) is 18.6. The molecule has 5 nitrogen and oxygen atoms in total. The first-order valence-electron chi connectivity index (χ1n) is 7.63. The first kappa shape index (κ1) is 16.2. The number of alkyl halides is 3. The second-order valence-electron chi connectivity index (χ2n) is 5.94. The molecule has 4 rings (SSSR count). The first-order valence-corrected chi connectivity index (χ1v) is 7.63. The summed E-state index contributed by atoms with van der Waals surface area (Å²) in [5.74, 6) is -1.15. The van der Waals surface area contributed by atoms with Gasteiger partial charge < -0.3 is 14.1 Å². The second-order valence-corrected chi connectivity index (χ2v) is 5.94. The Morgan fingerprint density at radius 1 is 1.12 bits per heavy atom. The molecule has 0 aliphatic heterocycles. The van der Waals surface area contributed by atoms with Crippen LogP contribution in [-0.4, -0.2) is 25.0 Å². The fourth-order valence-electron chi connectivity index (χ4n) is 3.17. The maximum Gasteiger partial charge on any atom is 0.417 e. The number of aryl methyl sites for hydroxylation is 1. The Labute approximate surface area is 144 Å². The third-order valence-corrected chi connectivity index (χ3v) is 4.37. The van der Waals surface area contributed by atoms with Crippen molar-refractivity contribution in [1.29, 1.82) is 0 Å². The summed E-state index contributed by atoms with van der Waals surface area (Å²) >= 11 is 0.